The molecule has 122 valence electrons. The summed E-state index contributed by atoms with van der Waals surface area (Å²) in [4.78, 5) is 18.4. The molecule has 7 heteroatoms. The Bertz CT molecular complexity index is 671. The van der Waals surface area contributed by atoms with Gasteiger partial charge in [-0.05, 0) is 36.5 Å². The van der Waals surface area contributed by atoms with Gasteiger partial charge in [0.1, 0.15) is 18.5 Å². The van der Waals surface area contributed by atoms with Crippen molar-refractivity contribution in [1.82, 2.24) is 24.6 Å². The first-order chi connectivity index (χ1) is 11.2. The van der Waals surface area contributed by atoms with E-state index in [1.165, 1.54) is 11.1 Å². The predicted molar refractivity (Wildman–Crippen MR) is 84.2 cm³/mol. The van der Waals surface area contributed by atoms with Crippen LogP contribution < -0.4 is 0 Å². The van der Waals surface area contributed by atoms with Crippen LogP contribution in [0.1, 0.15) is 17.5 Å². The lowest BCUT2D eigenvalue weighted by Crippen LogP contribution is -2.28. The van der Waals surface area contributed by atoms with Crippen LogP contribution in [-0.4, -0.2) is 57.4 Å². The highest BCUT2D eigenvalue weighted by Gasteiger charge is 2.29. The minimum atomic E-state index is 0.221. The van der Waals surface area contributed by atoms with E-state index in [2.05, 4.69) is 22.1 Å². The van der Waals surface area contributed by atoms with Gasteiger partial charge in [-0.25, -0.2) is 4.98 Å². The molecule has 1 aliphatic rings. The standard InChI is InChI=1S/C16H21N5O2/c1-12-5-15(21-10-18-19-11-21)17-8-14(12)6-13-7-16(22)20(9-13)3-4-23-2/h5,8,10-11,13H,3-4,6-7,9H2,1-2H3. The van der Waals surface area contributed by atoms with E-state index in [0.717, 1.165) is 18.8 Å². The smallest absolute Gasteiger partial charge is 0.223 e. The second-order valence-electron chi connectivity index (χ2n) is 5.94. The topological polar surface area (TPSA) is 73.1 Å². The maximum Gasteiger partial charge on any atom is 0.223 e. The molecule has 23 heavy (non-hydrogen) atoms. The summed E-state index contributed by atoms with van der Waals surface area (Å²) in [6, 6.07) is 2.03. The van der Waals surface area contributed by atoms with E-state index < -0.39 is 0 Å². The minimum absolute atomic E-state index is 0.221. The molecule has 3 rings (SSSR count). The number of pyridine rings is 1. The van der Waals surface area contributed by atoms with Gasteiger partial charge in [-0.1, -0.05) is 0 Å². The predicted octanol–water partition coefficient (Wildman–Crippen LogP) is 1.01. The van der Waals surface area contributed by atoms with Crippen molar-refractivity contribution in [2.45, 2.75) is 19.8 Å². The number of amides is 1. The Morgan fingerprint density at radius 3 is 2.83 bits per heavy atom. The van der Waals surface area contributed by atoms with Gasteiger partial charge in [-0.15, -0.1) is 10.2 Å². The van der Waals surface area contributed by atoms with Crippen molar-refractivity contribution in [1.29, 1.82) is 0 Å². The van der Waals surface area contributed by atoms with Crippen molar-refractivity contribution in [3.05, 3.63) is 36.0 Å². The molecule has 0 spiro atoms. The van der Waals surface area contributed by atoms with Crippen LogP contribution in [-0.2, 0) is 16.0 Å². The van der Waals surface area contributed by atoms with Crippen LogP contribution in [0.25, 0.3) is 5.82 Å². The molecule has 0 aliphatic carbocycles. The Hall–Kier alpha value is -2.28. The molecule has 0 radical (unpaired) electrons. The third kappa shape index (κ3) is 3.56. The van der Waals surface area contributed by atoms with Crippen LogP contribution in [0.3, 0.4) is 0 Å². The molecular weight excluding hydrogens is 294 g/mol. The fourth-order valence-corrected chi connectivity index (χ4v) is 2.96. The molecular formula is C16H21N5O2. The van der Waals surface area contributed by atoms with Crippen LogP contribution in [0, 0.1) is 12.8 Å². The Balaban J connectivity index is 1.66. The zero-order chi connectivity index (χ0) is 16.2. The molecule has 0 aromatic carbocycles. The van der Waals surface area contributed by atoms with E-state index in [0.29, 0.717) is 25.5 Å². The van der Waals surface area contributed by atoms with Crippen molar-refractivity contribution in [3.8, 4) is 5.82 Å². The lowest BCUT2D eigenvalue weighted by Gasteiger charge is -2.16. The molecule has 0 saturated carbocycles. The number of carbonyl (C=O) groups excluding carboxylic acids is 1. The molecule has 3 heterocycles. The molecule has 0 N–H and O–H groups in total. The first kappa shape index (κ1) is 15.6. The average molecular weight is 315 g/mol. The third-order valence-corrected chi connectivity index (χ3v) is 4.26. The number of hydrogen-bond acceptors (Lipinski definition) is 5. The molecule has 7 nitrogen and oxygen atoms in total. The van der Waals surface area contributed by atoms with Crippen molar-refractivity contribution in [2.24, 2.45) is 5.92 Å². The van der Waals surface area contributed by atoms with E-state index in [-0.39, 0.29) is 5.91 Å². The number of likely N-dealkylation sites (tertiary alicyclic amines) is 1. The van der Waals surface area contributed by atoms with E-state index >= 15 is 0 Å². The van der Waals surface area contributed by atoms with Gasteiger partial charge in [-0.2, -0.15) is 0 Å². The highest BCUT2D eigenvalue weighted by molar-refractivity contribution is 5.78. The van der Waals surface area contributed by atoms with Crippen molar-refractivity contribution in [3.63, 3.8) is 0 Å². The molecule has 1 aliphatic heterocycles. The van der Waals surface area contributed by atoms with Crippen molar-refractivity contribution < 1.29 is 9.53 Å². The zero-order valence-electron chi connectivity index (χ0n) is 13.5. The summed E-state index contributed by atoms with van der Waals surface area (Å²) in [5.74, 6) is 1.37. The number of ether oxygens (including phenoxy) is 1. The number of aromatic nitrogens is 4. The van der Waals surface area contributed by atoms with Crippen LogP contribution in [0.15, 0.2) is 24.9 Å². The summed E-state index contributed by atoms with van der Waals surface area (Å²) in [7, 11) is 1.66. The lowest BCUT2D eigenvalue weighted by atomic mass is 9.97. The highest BCUT2D eigenvalue weighted by atomic mass is 16.5. The van der Waals surface area contributed by atoms with Gasteiger partial charge in [0.15, 0.2) is 0 Å². The monoisotopic (exact) mass is 315 g/mol. The fraction of sp³-hybridized carbons (Fsp3) is 0.500. The number of carbonyl (C=O) groups is 1. The van der Waals surface area contributed by atoms with Crippen LogP contribution >= 0.6 is 0 Å². The Kier molecular flexibility index (Phi) is 4.66. The van der Waals surface area contributed by atoms with E-state index in [4.69, 9.17) is 4.74 Å². The molecule has 1 unspecified atom stereocenters. The number of nitrogens with zero attached hydrogens (tertiary/aromatic N) is 5. The second kappa shape index (κ2) is 6.87. The van der Waals surface area contributed by atoms with Crippen LogP contribution in [0.5, 0.6) is 0 Å². The van der Waals surface area contributed by atoms with E-state index in [1.807, 2.05) is 17.2 Å². The maximum atomic E-state index is 12.0. The highest BCUT2D eigenvalue weighted by Crippen LogP contribution is 2.23. The Labute approximate surface area is 135 Å². The van der Waals surface area contributed by atoms with Gasteiger partial charge in [0.05, 0.1) is 6.61 Å². The maximum absolute atomic E-state index is 12.0. The summed E-state index contributed by atoms with van der Waals surface area (Å²) < 4.78 is 6.84. The first-order valence-corrected chi connectivity index (χ1v) is 7.74. The third-order valence-electron chi connectivity index (χ3n) is 4.26. The first-order valence-electron chi connectivity index (χ1n) is 7.74. The number of aryl methyl sites for hydroxylation is 1. The SMILES string of the molecule is COCCN1CC(Cc2cnc(-n3cnnc3)cc2C)CC1=O. The van der Waals surface area contributed by atoms with Gasteiger partial charge in [0, 0.05) is 32.8 Å². The largest absolute Gasteiger partial charge is 0.383 e. The zero-order valence-corrected chi connectivity index (χ0v) is 13.5. The number of methoxy groups -OCH3 is 1. The Morgan fingerprint density at radius 2 is 2.13 bits per heavy atom. The average Bonchev–Trinajstić information content (AvgIpc) is 3.17. The van der Waals surface area contributed by atoms with Crippen LogP contribution in [0.2, 0.25) is 0 Å². The molecule has 2 aromatic heterocycles. The van der Waals surface area contributed by atoms with E-state index in [9.17, 15) is 4.79 Å². The lowest BCUT2D eigenvalue weighted by molar-refractivity contribution is -0.128. The summed E-state index contributed by atoms with van der Waals surface area (Å²) in [5, 5.41) is 7.59. The molecule has 1 amide bonds. The summed E-state index contributed by atoms with van der Waals surface area (Å²) >= 11 is 0. The van der Waals surface area contributed by atoms with E-state index in [1.54, 1.807) is 24.3 Å². The summed E-state index contributed by atoms with van der Waals surface area (Å²) in [5.41, 5.74) is 2.36. The number of rotatable bonds is 6. The number of hydrogen-bond donors (Lipinski definition) is 0. The van der Waals surface area contributed by atoms with Crippen molar-refractivity contribution in [2.75, 3.05) is 26.8 Å². The van der Waals surface area contributed by atoms with Gasteiger partial charge in [0.25, 0.3) is 0 Å². The summed E-state index contributed by atoms with van der Waals surface area (Å²) in [6.07, 6.45) is 6.63. The van der Waals surface area contributed by atoms with Crippen LogP contribution in [0.4, 0.5) is 0 Å². The quantitative estimate of drug-likeness (QED) is 0.795. The van der Waals surface area contributed by atoms with Gasteiger partial charge < -0.3 is 9.64 Å². The second-order valence-corrected chi connectivity index (χ2v) is 5.94. The van der Waals surface area contributed by atoms with Gasteiger partial charge in [-0.3, -0.25) is 9.36 Å². The molecule has 2 aromatic rings. The van der Waals surface area contributed by atoms with Gasteiger partial charge >= 0.3 is 0 Å². The Morgan fingerprint density at radius 1 is 1.35 bits per heavy atom. The molecule has 1 fully saturated rings. The summed E-state index contributed by atoms with van der Waals surface area (Å²) in [6.45, 7) is 4.14. The normalized spacial score (nSPS) is 17.9. The van der Waals surface area contributed by atoms with Crippen molar-refractivity contribution >= 4 is 5.91 Å². The van der Waals surface area contributed by atoms with Gasteiger partial charge in [0.2, 0.25) is 5.91 Å². The fourth-order valence-electron chi connectivity index (χ4n) is 2.96. The molecule has 1 atom stereocenters. The molecule has 1 saturated heterocycles. The molecule has 0 bridgehead atoms. The minimum Gasteiger partial charge on any atom is -0.383 e.